The third-order valence-electron chi connectivity index (χ3n) is 8.81. The van der Waals surface area contributed by atoms with Crippen molar-refractivity contribution in [1.82, 2.24) is 10.2 Å². The SMILES string of the molecule is COc1cccc([C@@]23CCN(CC4CC4)C[C@H]2CC[C@H](NC(=O)c2ccc4ccccc4c2)C3)c1. The smallest absolute Gasteiger partial charge is 0.251 e. The molecule has 2 saturated carbocycles. The molecule has 0 aromatic heterocycles. The first-order valence-electron chi connectivity index (χ1n) is 13.3. The van der Waals surface area contributed by atoms with Gasteiger partial charge in [-0.2, -0.15) is 0 Å². The van der Waals surface area contributed by atoms with Crippen molar-refractivity contribution in [3.8, 4) is 5.75 Å². The summed E-state index contributed by atoms with van der Waals surface area (Å²) in [5, 5.41) is 5.70. The summed E-state index contributed by atoms with van der Waals surface area (Å²) in [7, 11) is 1.75. The Morgan fingerprint density at radius 3 is 2.69 bits per heavy atom. The molecule has 4 heteroatoms. The Morgan fingerprint density at radius 2 is 1.86 bits per heavy atom. The number of likely N-dealkylation sites (tertiary alicyclic amines) is 1. The van der Waals surface area contributed by atoms with E-state index in [1.807, 2.05) is 30.3 Å². The van der Waals surface area contributed by atoms with Crippen LogP contribution in [0.25, 0.3) is 10.8 Å². The Balaban J connectivity index is 1.24. The second-order valence-corrected chi connectivity index (χ2v) is 11.1. The number of carbonyl (C=O) groups is 1. The lowest BCUT2D eigenvalue weighted by molar-refractivity contribution is 0.0403. The summed E-state index contributed by atoms with van der Waals surface area (Å²) < 4.78 is 5.61. The molecule has 3 fully saturated rings. The average Bonchev–Trinajstić information content (AvgIpc) is 3.72. The summed E-state index contributed by atoms with van der Waals surface area (Å²) in [6.45, 7) is 3.60. The number of methoxy groups -OCH3 is 1. The molecule has 0 radical (unpaired) electrons. The van der Waals surface area contributed by atoms with Gasteiger partial charge < -0.3 is 15.0 Å². The zero-order valence-corrected chi connectivity index (χ0v) is 20.7. The lowest BCUT2D eigenvalue weighted by Gasteiger charge is -2.53. The van der Waals surface area contributed by atoms with E-state index in [1.54, 1.807) is 7.11 Å². The van der Waals surface area contributed by atoms with Crippen LogP contribution in [0, 0.1) is 11.8 Å². The molecule has 0 bridgehead atoms. The summed E-state index contributed by atoms with van der Waals surface area (Å²) >= 11 is 0. The minimum atomic E-state index is 0.0474. The van der Waals surface area contributed by atoms with E-state index in [4.69, 9.17) is 4.74 Å². The highest BCUT2D eigenvalue weighted by Gasteiger charge is 2.48. The van der Waals surface area contributed by atoms with E-state index in [1.165, 1.54) is 36.9 Å². The van der Waals surface area contributed by atoms with Crippen molar-refractivity contribution in [3.05, 3.63) is 77.9 Å². The van der Waals surface area contributed by atoms with Gasteiger partial charge in [0.15, 0.2) is 0 Å². The summed E-state index contributed by atoms with van der Waals surface area (Å²) in [5.74, 6) is 2.53. The van der Waals surface area contributed by atoms with Crippen molar-refractivity contribution in [2.75, 3.05) is 26.7 Å². The van der Waals surface area contributed by atoms with Gasteiger partial charge in [0.1, 0.15) is 5.75 Å². The highest BCUT2D eigenvalue weighted by molar-refractivity contribution is 5.98. The lowest BCUT2D eigenvalue weighted by Crippen LogP contribution is -2.56. The minimum Gasteiger partial charge on any atom is -0.497 e. The molecule has 1 saturated heterocycles. The van der Waals surface area contributed by atoms with Crippen LogP contribution in [0.4, 0.5) is 0 Å². The zero-order valence-electron chi connectivity index (χ0n) is 20.7. The summed E-state index contributed by atoms with van der Waals surface area (Å²) in [6.07, 6.45) is 7.17. The van der Waals surface area contributed by atoms with Gasteiger partial charge in [-0.15, -0.1) is 0 Å². The van der Waals surface area contributed by atoms with Gasteiger partial charge in [-0.25, -0.2) is 0 Å². The molecule has 0 unspecified atom stereocenters. The number of piperidine rings is 1. The molecule has 3 aromatic carbocycles. The lowest BCUT2D eigenvalue weighted by atomic mass is 9.58. The maximum Gasteiger partial charge on any atom is 0.251 e. The Labute approximate surface area is 208 Å². The monoisotopic (exact) mass is 468 g/mol. The summed E-state index contributed by atoms with van der Waals surface area (Å²) in [6, 6.07) is 23.1. The van der Waals surface area contributed by atoms with Gasteiger partial charge in [0.2, 0.25) is 0 Å². The van der Waals surface area contributed by atoms with E-state index in [0.717, 1.165) is 54.8 Å². The highest BCUT2D eigenvalue weighted by Crippen LogP contribution is 2.50. The molecule has 6 rings (SSSR count). The predicted molar refractivity (Wildman–Crippen MR) is 141 cm³/mol. The summed E-state index contributed by atoms with van der Waals surface area (Å²) in [5.41, 5.74) is 2.23. The van der Waals surface area contributed by atoms with Crippen molar-refractivity contribution in [2.24, 2.45) is 11.8 Å². The van der Waals surface area contributed by atoms with Crippen LogP contribution in [0.5, 0.6) is 5.75 Å². The van der Waals surface area contributed by atoms with Gasteiger partial charge in [-0.1, -0.05) is 42.5 Å². The van der Waals surface area contributed by atoms with E-state index in [9.17, 15) is 4.79 Å². The zero-order chi connectivity index (χ0) is 23.8. The maximum atomic E-state index is 13.3. The molecule has 0 spiro atoms. The predicted octanol–water partition coefficient (Wildman–Crippen LogP) is 5.80. The third kappa shape index (κ3) is 4.56. The molecule has 35 heavy (non-hydrogen) atoms. The first-order valence-corrected chi connectivity index (χ1v) is 13.3. The van der Waals surface area contributed by atoms with Crippen LogP contribution in [0.15, 0.2) is 66.7 Å². The van der Waals surface area contributed by atoms with Crippen LogP contribution in [-0.4, -0.2) is 43.6 Å². The van der Waals surface area contributed by atoms with Crippen LogP contribution in [0.3, 0.4) is 0 Å². The average molecular weight is 469 g/mol. The maximum absolute atomic E-state index is 13.3. The Kier molecular flexibility index (Phi) is 6.01. The number of hydrogen-bond donors (Lipinski definition) is 1. The number of amides is 1. The standard InChI is InChI=1S/C31H36N2O2/c1-35-29-8-4-7-26(18-29)31-15-16-33(20-22-9-10-22)21-27(31)13-14-28(19-31)32-30(34)25-12-11-23-5-2-3-6-24(23)17-25/h2-8,11-12,17-18,22,27-28H,9-10,13-16,19-21H2,1H3,(H,32,34)/t27-,28+,31+/m1/s1. The Morgan fingerprint density at radius 1 is 1.00 bits per heavy atom. The molecule has 1 aliphatic heterocycles. The van der Waals surface area contributed by atoms with Crippen molar-refractivity contribution >= 4 is 16.7 Å². The molecule has 3 aromatic rings. The third-order valence-corrected chi connectivity index (χ3v) is 8.81. The quantitative estimate of drug-likeness (QED) is 0.497. The Hall–Kier alpha value is -2.85. The second kappa shape index (κ2) is 9.31. The molecule has 182 valence electrons. The van der Waals surface area contributed by atoms with Crippen molar-refractivity contribution in [2.45, 2.75) is 50.0 Å². The van der Waals surface area contributed by atoms with Crippen LogP contribution < -0.4 is 10.1 Å². The van der Waals surface area contributed by atoms with Gasteiger partial charge in [-0.05, 0) is 97.5 Å². The number of rotatable bonds is 6. The number of nitrogens with one attached hydrogen (secondary N) is 1. The summed E-state index contributed by atoms with van der Waals surface area (Å²) in [4.78, 5) is 16.0. The number of hydrogen-bond acceptors (Lipinski definition) is 3. The first-order chi connectivity index (χ1) is 17.1. The molecule has 1 amide bonds. The van der Waals surface area contributed by atoms with Crippen LogP contribution >= 0.6 is 0 Å². The number of ether oxygens (including phenoxy) is 1. The van der Waals surface area contributed by atoms with Crippen molar-refractivity contribution < 1.29 is 9.53 Å². The van der Waals surface area contributed by atoms with E-state index in [-0.39, 0.29) is 17.4 Å². The fourth-order valence-electron chi connectivity index (χ4n) is 6.70. The van der Waals surface area contributed by atoms with Gasteiger partial charge in [0, 0.05) is 30.1 Å². The van der Waals surface area contributed by atoms with E-state index >= 15 is 0 Å². The largest absolute Gasteiger partial charge is 0.497 e. The number of fused-ring (bicyclic) bond motifs is 2. The normalized spacial score (nSPS) is 26.8. The molecule has 3 aliphatic rings. The fraction of sp³-hybridized carbons (Fsp3) is 0.452. The minimum absolute atomic E-state index is 0.0474. The molecule has 2 aliphatic carbocycles. The fourth-order valence-corrected chi connectivity index (χ4v) is 6.70. The molecule has 1 heterocycles. The van der Waals surface area contributed by atoms with Gasteiger partial charge >= 0.3 is 0 Å². The first kappa shape index (κ1) is 22.6. The molecule has 4 nitrogen and oxygen atoms in total. The topological polar surface area (TPSA) is 41.6 Å². The van der Waals surface area contributed by atoms with Gasteiger partial charge in [-0.3, -0.25) is 4.79 Å². The molecule has 1 N–H and O–H groups in total. The van der Waals surface area contributed by atoms with E-state index in [0.29, 0.717) is 5.92 Å². The van der Waals surface area contributed by atoms with Crippen LogP contribution in [0.2, 0.25) is 0 Å². The Bertz CT molecular complexity index is 1220. The van der Waals surface area contributed by atoms with Crippen molar-refractivity contribution in [3.63, 3.8) is 0 Å². The van der Waals surface area contributed by atoms with Gasteiger partial charge in [0.05, 0.1) is 7.11 Å². The number of benzene rings is 3. The van der Waals surface area contributed by atoms with Crippen molar-refractivity contribution in [1.29, 1.82) is 0 Å². The van der Waals surface area contributed by atoms with E-state index < -0.39 is 0 Å². The molecular weight excluding hydrogens is 432 g/mol. The second-order valence-electron chi connectivity index (χ2n) is 11.1. The van der Waals surface area contributed by atoms with Gasteiger partial charge in [0.25, 0.3) is 5.91 Å². The van der Waals surface area contributed by atoms with E-state index in [2.05, 4.69) is 46.6 Å². The van der Waals surface area contributed by atoms with Crippen LogP contribution in [0.1, 0.15) is 54.4 Å². The number of carbonyl (C=O) groups excluding carboxylic acids is 1. The molecular formula is C31H36N2O2. The highest BCUT2D eigenvalue weighted by atomic mass is 16.5. The van der Waals surface area contributed by atoms with Crippen LogP contribution in [-0.2, 0) is 5.41 Å². The molecule has 3 atom stereocenters. The number of nitrogens with zero attached hydrogens (tertiary/aromatic N) is 1.